The van der Waals surface area contributed by atoms with Crippen LogP contribution in [0.3, 0.4) is 0 Å². The lowest BCUT2D eigenvalue weighted by molar-refractivity contribution is 1.27. The fourth-order valence-electron chi connectivity index (χ4n) is 4.21. The van der Waals surface area contributed by atoms with Gasteiger partial charge in [-0.2, -0.15) is 0 Å². The van der Waals surface area contributed by atoms with Gasteiger partial charge in [0, 0.05) is 33.2 Å². The molecule has 6 rings (SSSR count). The molecule has 4 aromatic rings. The largest absolute Gasteiger partial charge is 0.397 e. The number of H-pyrrole nitrogens is 2. The van der Waals surface area contributed by atoms with Gasteiger partial charge in [0.2, 0.25) is 0 Å². The summed E-state index contributed by atoms with van der Waals surface area (Å²) in [6.45, 7) is 0. The van der Waals surface area contributed by atoms with Crippen molar-refractivity contribution in [2.24, 2.45) is 0 Å². The third-order valence-electron chi connectivity index (χ3n) is 5.94. The van der Waals surface area contributed by atoms with Crippen molar-refractivity contribution in [3.05, 3.63) is 82.9 Å². The van der Waals surface area contributed by atoms with E-state index in [4.69, 9.17) is 32.9 Å². The van der Waals surface area contributed by atoms with Gasteiger partial charge in [0.25, 0.3) is 0 Å². The minimum atomic E-state index is 0.268. The van der Waals surface area contributed by atoms with Crippen LogP contribution in [0.4, 0.5) is 22.7 Å². The topological polar surface area (TPSA) is 161 Å². The van der Waals surface area contributed by atoms with Gasteiger partial charge < -0.3 is 32.9 Å². The van der Waals surface area contributed by atoms with Gasteiger partial charge in [-0.25, -0.2) is 9.97 Å². The SMILES string of the molecule is Nc1cc(C2=Cc3cc4ccc(cc5ccc(cc6nc(cc2n3)C=C6)[nH]5)[nH]4)c(N)c(N)c1N. The van der Waals surface area contributed by atoms with E-state index in [1.54, 1.807) is 6.07 Å². The van der Waals surface area contributed by atoms with E-state index in [1.165, 1.54) is 0 Å². The molecule has 0 amide bonds. The van der Waals surface area contributed by atoms with Crippen LogP contribution in [0.1, 0.15) is 28.3 Å². The van der Waals surface area contributed by atoms with Crippen LogP contribution in [-0.4, -0.2) is 19.9 Å². The Labute approximate surface area is 194 Å². The van der Waals surface area contributed by atoms with Crippen molar-refractivity contribution in [3.63, 3.8) is 0 Å². The molecular weight excluding hydrogens is 424 g/mol. The Morgan fingerprint density at radius 1 is 0.559 bits per heavy atom. The lowest BCUT2D eigenvalue weighted by atomic mass is 9.98. The standard InChI is InChI=1S/C26H22N8/c27-22-12-21(24(28)26(30)25(22)29)20-10-19-9-17-4-3-15(32-17)7-13-1-2-14(31-13)8-16-5-6-18(33-16)11-23(20)34-19/h1-12,31-32H,27-30H2. The van der Waals surface area contributed by atoms with Crippen LogP contribution < -0.4 is 22.9 Å². The number of nitrogen functional groups attached to an aromatic ring is 4. The van der Waals surface area contributed by atoms with Crippen molar-refractivity contribution in [2.75, 3.05) is 22.9 Å². The highest BCUT2D eigenvalue weighted by atomic mass is 14.8. The van der Waals surface area contributed by atoms with E-state index in [-0.39, 0.29) is 11.4 Å². The number of aromatic amines is 2. The molecule has 3 aromatic heterocycles. The third-order valence-corrected chi connectivity index (χ3v) is 5.94. The molecule has 10 N–H and O–H groups in total. The molecule has 2 aliphatic heterocycles. The van der Waals surface area contributed by atoms with E-state index in [2.05, 4.69) is 9.97 Å². The molecule has 0 atom stereocenters. The van der Waals surface area contributed by atoms with Crippen LogP contribution in [0.5, 0.6) is 0 Å². The average Bonchev–Trinajstić information content (AvgIpc) is 3.60. The summed E-state index contributed by atoms with van der Waals surface area (Å²) in [6.07, 6.45) is 5.88. The number of nitrogens with one attached hydrogen (secondary N) is 2. The van der Waals surface area contributed by atoms with Crippen molar-refractivity contribution >= 4 is 68.6 Å². The molecule has 34 heavy (non-hydrogen) atoms. The Balaban J connectivity index is 1.65. The van der Waals surface area contributed by atoms with Gasteiger partial charge in [0.15, 0.2) is 0 Å². The van der Waals surface area contributed by atoms with E-state index < -0.39 is 0 Å². The molecule has 0 saturated heterocycles. The summed E-state index contributed by atoms with van der Waals surface area (Å²) < 4.78 is 0. The zero-order valence-corrected chi connectivity index (χ0v) is 18.1. The normalized spacial score (nSPS) is 12.6. The third kappa shape index (κ3) is 3.34. The predicted molar refractivity (Wildman–Crippen MR) is 141 cm³/mol. The molecule has 0 aliphatic carbocycles. The summed E-state index contributed by atoms with van der Waals surface area (Å²) in [5.41, 5.74) is 34.3. The minimum absolute atomic E-state index is 0.268. The fraction of sp³-hybridized carbons (Fsp3) is 0. The van der Waals surface area contributed by atoms with Crippen LogP contribution in [0.25, 0.3) is 45.9 Å². The number of hydrogen-bond acceptors (Lipinski definition) is 6. The lowest BCUT2D eigenvalue weighted by Crippen LogP contribution is -2.07. The maximum absolute atomic E-state index is 6.35. The zero-order valence-electron chi connectivity index (χ0n) is 18.1. The Morgan fingerprint density at radius 2 is 1.15 bits per heavy atom. The first-order valence-corrected chi connectivity index (χ1v) is 10.7. The maximum atomic E-state index is 6.35. The summed E-state index contributed by atoms with van der Waals surface area (Å²) in [4.78, 5) is 16.4. The second kappa shape index (κ2) is 7.28. The first-order chi connectivity index (χ1) is 16.4. The molecule has 0 radical (unpaired) electrons. The molecule has 0 unspecified atom stereocenters. The van der Waals surface area contributed by atoms with Gasteiger partial charge in [0.05, 0.1) is 45.5 Å². The van der Waals surface area contributed by atoms with Crippen molar-refractivity contribution in [2.45, 2.75) is 0 Å². The van der Waals surface area contributed by atoms with Gasteiger partial charge in [-0.05, 0) is 72.8 Å². The highest BCUT2D eigenvalue weighted by Gasteiger charge is 2.19. The van der Waals surface area contributed by atoms with E-state index in [0.29, 0.717) is 22.6 Å². The monoisotopic (exact) mass is 446 g/mol. The van der Waals surface area contributed by atoms with E-state index >= 15 is 0 Å². The molecule has 2 aliphatic rings. The molecule has 0 spiro atoms. The molecular formula is C26H22N8. The van der Waals surface area contributed by atoms with Gasteiger partial charge in [-0.1, -0.05) is 0 Å². The Morgan fingerprint density at radius 3 is 1.82 bits per heavy atom. The molecule has 166 valence electrons. The van der Waals surface area contributed by atoms with Crippen LogP contribution in [0.15, 0.2) is 54.6 Å². The number of benzene rings is 1. The highest BCUT2D eigenvalue weighted by molar-refractivity contribution is 6.02. The maximum Gasteiger partial charge on any atom is 0.0809 e. The van der Waals surface area contributed by atoms with E-state index in [0.717, 1.165) is 44.7 Å². The van der Waals surface area contributed by atoms with Crippen LogP contribution in [-0.2, 0) is 0 Å². The fourth-order valence-corrected chi connectivity index (χ4v) is 4.21. The summed E-state index contributed by atoms with van der Waals surface area (Å²) in [5, 5.41) is 0. The Bertz CT molecular complexity index is 1700. The number of aromatic nitrogens is 4. The van der Waals surface area contributed by atoms with Gasteiger partial charge in [-0.15, -0.1) is 0 Å². The summed E-state index contributed by atoms with van der Waals surface area (Å²) in [6, 6.07) is 17.8. The highest BCUT2D eigenvalue weighted by Crippen LogP contribution is 2.39. The first-order valence-electron chi connectivity index (χ1n) is 10.7. The zero-order chi connectivity index (χ0) is 23.4. The van der Waals surface area contributed by atoms with Gasteiger partial charge in [-0.3, -0.25) is 0 Å². The quantitative estimate of drug-likeness (QED) is 0.205. The van der Waals surface area contributed by atoms with Crippen molar-refractivity contribution in [1.82, 2.24) is 19.9 Å². The van der Waals surface area contributed by atoms with Crippen LogP contribution in [0.2, 0.25) is 0 Å². The van der Waals surface area contributed by atoms with Crippen LogP contribution >= 0.6 is 0 Å². The number of hydrogen-bond donors (Lipinski definition) is 6. The smallest absolute Gasteiger partial charge is 0.0809 e. The molecule has 1 aromatic carbocycles. The van der Waals surface area contributed by atoms with Crippen molar-refractivity contribution < 1.29 is 0 Å². The van der Waals surface area contributed by atoms with Crippen molar-refractivity contribution in [3.8, 4) is 0 Å². The van der Waals surface area contributed by atoms with Gasteiger partial charge >= 0.3 is 0 Å². The molecule has 0 saturated carbocycles. The van der Waals surface area contributed by atoms with E-state index in [1.807, 2.05) is 66.8 Å². The molecule has 8 heteroatoms. The average molecular weight is 447 g/mol. The number of anilines is 4. The molecule has 0 fully saturated rings. The first kappa shape index (κ1) is 19.7. The van der Waals surface area contributed by atoms with E-state index in [9.17, 15) is 0 Å². The van der Waals surface area contributed by atoms with Crippen molar-refractivity contribution in [1.29, 1.82) is 0 Å². The second-order valence-electron chi connectivity index (χ2n) is 8.34. The number of rotatable bonds is 1. The minimum Gasteiger partial charge on any atom is -0.397 e. The van der Waals surface area contributed by atoms with Gasteiger partial charge in [0.1, 0.15) is 0 Å². The summed E-state index contributed by atoms with van der Waals surface area (Å²) in [5.74, 6) is 0. The Hall–Kier alpha value is -4.98. The number of nitrogens with two attached hydrogens (primary N) is 4. The molecule has 8 nitrogen and oxygen atoms in total. The summed E-state index contributed by atoms with van der Waals surface area (Å²) in [7, 11) is 0. The van der Waals surface area contributed by atoms with Crippen LogP contribution in [0, 0.1) is 0 Å². The molecule has 5 heterocycles. The summed E-state index contributed by atoms with van der Waals surface area (Å²) >= 11 is 0. The number of nitrogens with zero attached hydrogens (tertiary/aromatic N) is 2. The lowest BCUT2D eigenvalue weighted by Gasteiger charge is -2.13. The molecule has 8 bridgehead atoms. The predicted octanol–water partition coefficient (Wildman–Crippen LogP) is 4.40. The number of fused-ring (bicyclic) bond motifs is 8. The Kier molecular flexibility index (Phi) is 4.21. The second-order valence-corrected chi connectivity index (χ2v) is 8.34.